The summed E-state index contributed by atoms with van der Waals surface area (Å²) in [6.07, 6.45) is 0. The van der Waals surface area contributed by atoms with Crippen LogP contribution in [0, 0.1) is 0 Å². The van der Waals surface area contributed by atoms with Gasteiger partial charge in [-0.1, -0.05) is 0 Å². The van der Waals surface area contributed by atoms with Crippen LogP contribution in [0.15, 0.2) is 0 Å². The van der Waals surface area contributed by atoms with E-state index in [4.69, 9.17) is 0 Å². The van der Waals surface area contributed by atoms with Crippen LogP contribution in [0.4, 0.5) is 0 Å². The van der Waals surface area contributed by atoms with E-state index in [1.165, 1.54) is 0 Å². The summed E-state index contributed by atoms with van der Waals surface area (Å²) < 4.78 is 0. The molecule has 0 aliphatic carbocycles. The third kappa shape index (κ3) is 9.10. The SMILES string of the molecule is [S]=[Cd].[S]=[Cu]. The summed E-state index contributed by atoms with van der Waals surface area (Å²) in [6.45, 7) is 0. The maximum absolute atomic E-state index is 4.25. The Morgan fingerprint density at radius 1 is 1.25 bits per heavy atom. The summed E-state index contributed by atoms with van der Waals surface area (Å²) in [7, 11) is 7.90. The van der Waals surface area contributed by atoms with E-state index in [0.29, 0.717) is 0 Å². The van der Waals surface area contributed by atoms with E-state index < -0.39 is 0 Å². The molecule has 0 N–H and O–H groups in total. The standard InChI is InChI=1S/Cd.Cu.2S. The van der Waals surface area contributed by atoms with Crippen molar-refractivity contribution in [3.8, 4) is 0 Å². The van der Waals surface area contributed by atoms with Crippen LogP contribution in [0.1, 0.15) is 0 Å². The molecule has 0 aromatic heterocycles. The second-order valence-corrected chi connectivity index (χ2v) is 0. The van der Waals surface area contributed by atoms with Crippen LogP contribution in [0.5, 0.6) is 0 Å². The molecule has 0 spiro atoms. The molecule has 4 heavy (non-hydrogen) atoms. The molecule has 0 unspecified atom stereocenters. The quantitative estimate of drug-likeness (QED) is 0.585. The van der Waals surface area contributed by atoms with E-state index >= 15 is 0 Å². The minimum atomic E-state index is 0.733. The number of hydrogen-bond acceptors (Lipinski definition) is 2. The van der Waals surface area contributed by atoms with Crippen molar-refractivity contribution in [2.24, 2.45) is 0 Å². The average molecular weight is 240 g/mol. The van der Waals surface area contributed by atoms with Crippen LogP contribution in [0.25, 0.3) is 0 Å². The predicted molar refractivity (Wildman–Crippen MR) is 15.2 cm³/mol. The van der Waals surface area contributed by atoms with Gasteiger partial charge in [-0.15, -0.1) is 0 Å². The van der Waals surface area contributed by atoms with Gasteiger partial charge in [0, 0.05) is 0 Å². The van der Waals surface area contributed by atoms with Crippen molar-refractivity contribution in [3.63, 3.8) is 0 Å². The Kier molecular flexibility index (Phi) is 48.3. The molecule has 4 heteroatoms. The fourth-order valence-corrected chi connectivity index (χ4v) is 0. The Morgan fingerprint density at radius 2 is 1.25 bits per heavy atom. The normalized spacial score (nSPS) is 3.00. The van der Waals surface area contributed by atoms with Gasteiger partial charge in [0.25, 0.3) is 0 Å². The summed E-state index contributed by atoms with van der Waals surface area (Å²) in [5.41, 5.74) is 0. The molecule has 0 saturated carbocycles. The van der Waals surface area contributed by atoms with Crippen LogP contribution in [0.3, 0.4) is 0 Å². The van der Waals surface area contributed by atoms with Crippen LogP contribution in [-0.2, 0) is 38.1 Å². The van der Waals surface area contributed by atoms with Gasteiger partial charge in [-0.05, 0) is 0 Å². The first-order chi connectivity index (χ1) is 2.00. The molecule has 0 aliphatic heterocycles. The first-order valence-electron chi connectivity index (χ1n) is 0.412. The third-order valence-electron chi connectivity index (χ3n) is 0. The summed E-state index contributed by atoms with van der Waals surface area (Å²) >= 11 is 4.50. The fraction of sp³-hybridized carbons (Fsp3) is 0. The van der Waals surface area contributed by atoms with Gasteiger partial charge in [-0.25, -0.2) is 0 Å². The fourth-order valence-electron chi connectivity index (χ4n) is 0. The molecule has 0 heterocycles. The first kappa shape index (κ1) is 9.30. The second-order valence-electron chi connectivity index (χ2n) is 0. The van der Waals surface area contributed by atoms with Crippen LogP contribution < -0.4 is 0 Å². The van der Waals surface area contributed by atoms with Crippen molar-refractivity contribution in [1.29, 1.82) is 0 Å². The average Bonchev–Trinajstić information content (AvgIpc) is 1.50. The van der Waals surface area contributed by atoms with Gasteiger partial charge in [0.2, 0.25) is 0 Å². The molecule has 25 valence electrons. The number of rotatable bonds is 0. The molecule has 0 atom stereocenters. The van der Waals surface area contributed by atoms with Crippen molar-refractivity contribution in [1.82, 2.24) is 0 Å². The zero-order valence-electron chi connectivity index (χ0n) is 1.83. The van der Waals surface area contributed by atoms with Crippen molar-refractivity contribution in [3.05, 3.63) is 0 Å². The maximum atomic E-state index is 4.25. The molecule has 0 nitrogen and oxygen atoms in total. The molecule has 0 bridgehead atoms. The molecule has 0 radical (unpaired) electrons. The van der Waals surface area contributed by atoms with Crippen LogP contribution >= 0.6 is 19.2 Å². The molecular weight excluding hydrogens is 240 g/mol. The molecule has 0 amide bonds. The predicted octanol–water partition coefficient (Wildman–Crippen LogP) is 1.29. The van der Waals surface area contributed by atoms with Gasteiger partial charge in [0.15, 0.2) is 0 Å². The Balaban J connectivity index is 0. The van der Waals surface area contributed by atoms with Gasteiger partial charge < -0.3 is 0 Å². The van der Waals surface area contributed by atoms with Crippen molar-refractivity contribution in [2.45, 2.75) is 0 Å². The first-order valence-corrected chi connectivity index (χ1v) is 7.33. The Bertz CT molecular complexity index is 8.00. The molecule has 0 aromatic rings. The van der Waals surface area contributed by atoms with Crippen molar-refractivity contribution >= 4 is 19.2 Å². The van der Waals surface area contributed by atoms with E-state index in [-0.39, 0.29) is 0 Å². The van der Waals surface area contributed by atoms with Crippen molar-refractivity contribution < 1.29 is 38.1 Å². The molecule has 0 fully saturated rings. The number of hydrogen-bond donors (Lipinski definition) is 0. The van der Waals surface area contributed by atoms with Gasteiger partial charge in [0.05, 0.1) is 0 Å². The van der Waals surface area contributed by atoms with Gasteiger partial charge >= 0.3 is 57.3 Å². The summed E-state index contributed by atoms with van der Waals surface area (Å²) in [5, 5.41) is 0. The third-order valence-corrected chi connectivity index (χ3v) is 0. The van der Waals surface area contributed by atoms with Crippen molar-refractivity contribution in [2.75, 3.05) is 0 Å². The van der Waals surface area contributed by atoms with E-state index in [0.717, 1.165) is 23.7 Å². The topological polar surface area (TPSA) is 0 Å². The molecule has 0 aliphatic rings. The zero-order chi connectivity index (χ0) is 4.00. The Morgan fingerprint density at radius 3 is 1.25 bits per heavy atom. The van der Waals surface area contributed by atoms with E-state index in [1.54, 1.807) is 0 Å². The minimum absolute atomic E-state index is 0.733. The summed E-state index contributed by atoms with van der Waals surface area (Å²) in [4.78, 5) is 0. The summed E-state index contributed by atoms with van der Waals surface area (Å²) in [6, 6.07) is 0. The zero-order valence-corrected chi connectivity index (χ0v) is 8.44. The molecule has 0 rings (SSSR count). The van der Waals surface area contributed by atoms with E-state index in [1.807, 2.05) is 0 Å². The molecule has 0 saturated heterocycles. The van der Waals surface area contributed by atoms with Gasteiger partial charge in [-0.2, -0.15) is 0 Å². The van der Waals surface area contributed by atoms with Crippen LogP contribution in [0.2, 0.25) is 0 Å². The van der Waals surface area contributed by atoms with Gasteiger partial charge in [-0.3, -0.25) is 0 Å². The van der Waals surface area contributed by atoms with E-state index in [9.17, 15) is 0 Å². The van der Waals surface area contributed by atoms with Crippen LogP contribution in [-0.4, -0.2) is 0 Å². The summed E-state index contributed by atoms with van der Waals surface area (Å²) in [5.74, 6) is 0. The molecular formula is CdCuS2. The molecule has 0 aromatic carbocycles. The Labute approximate surface area is 56.5 Å². The van der Waals surface area contributed by atoms with E-state index in [2.05, 4.69) is 33.6 Å². The Hall–Kier alpha value is 1.88. The monoisotopic (exact) mass is 241 g/mol. The van der Waals surface area contributed by atoms with Gasteiger partial charge in [0.1, 0.15) is 0 Å². The second kappa shape index (κ2) is 20.8.